The van der Waals surface area contributed by atoms with E-state index in [1.807, 2.05) is 29.3 Å². The number of hydrogen-bond donors (Lipinski definition) is 1. The minimum Gasteiger partial charge on any atom is -0.303 e. The van der Waals surface area contributed by atoms with Crippen LogP contribution in [0.5, 0.6) is 0 Å². The molecule has 0 bridgehead atoms. The summed E-state index contributed by atoms with van der Waals surface area (Å²) < 4.78 is 1.84. The molecule has 0 aromatic carbocycles. The van der Waals surface area contributed by atoms with E-state index in [9.17, 15) is 0 Å². The molecule has 0 aliphatic rings. The summed E-state index contributed by atoms with van der Waals surface area (Å²) in [6.07, 6.45) is 4.35. The Morgan fingerprint density at radius 1 is 1.47 bits per heavy atom. The van der Waals surface area contributed by atoms with Gasteiger partial charge in [-0.3, -0.25) is 4.68 Å². The second kappa shape index (κ2) is 5.98. The fourth-order valence-electron chi connectivity index (χ4n) is 1.91. The summed E-state index contributed by atoms with van der Waals surface area (Å²) in [5.41, 5.74) is 1.10. The highest BCUT2D eigenvalue weighted by Crippen LogP contribution is 2.23. The highest BCUT2D eigenvalue weighted by Gasteiger charge is 2.11. The third-order valence-corrected chi connectivity index (χ3v) is 3.75. The molecule has 2 rings (SSSR count). The zero-order valence-corrected chi connectivity index (χ0v) is 11.2. The molecule has 17 heavy (non-hydrogen) atoms. The van der Waals surface area contributed by atoms with Crippen LogP contribution in [0.15, 0.2) is 29.8 Å². The zero-order chi connectivity index (χ0) is 12.1. The fourth-order valence-corrected chi connectivity index (χ4v) is 2.75. The largest absolute Gasteiger partial charge is 0.303 e. The lowest BCUT2D eigenvalue weighted by Crippen LogP contribution is -2.20. The Labute approximate surface area is 106 Å². The molecule has 0 saturated carbocycles. The maximum absolute atomic E-state index is 4.38. The molecule has 2 aromatic rings. The van der Waals surface area contributed by atoms with Crippen molar-refractivity contribution in [1.82, 2.24) is 15.1 Å². The van der Waals surface area contributed by atoms with Gasteiger partial charge in [0.25, 0.3) is 0 Å². The Balaban J connectivity index is 1.94. The molecule has 92 valence electrons. The van der Waals surface area contributed by atoms with Crippen molar-refractivity contribution < 1.29 is 0 Å². The quantitative estimate of drug-likeness (QED) is 0.852. The van der Waals surface area contributed by atoms with Gasteiger partial charge in [0.2, 0.25) is 0 Å². The molecule has 0 aliphatic heterocycles. The van der Waals surface area contributed by atoms with Gasteiger partial charge in [-0.2, -0.15) is 5.10 Å². The Kier molecular flexibility index (Phi) is 4.34. The molecule has 0 amide bonds. The average Bonchev–Trinajstić information content (AvgIpc) is 2.95. The van der Waals surface area contributed by atoms with Crippen molar-refractivity contribution in [2.75, 3.05) is 0 Å². The number of aromatic nitrogens is 2. The van der Waals surface area contributed by atoms with Crippen molar-refractivity contribution in [2.24, 2.45) is 7.05 Å². The number of nitrogens with zero attached hydrogens (tertiary/aromatic N) is 2. The third-order valence-electron chi connectivity index (χ3n) is 2.76. The molecule has 0 saturated heterocycles. The van der Waals surface area contributed by atoms with Crippen LogP contribution in [-0.4, -0.2) is 9.78 Å². The maximum Gasteiger partial charge on any atom is 0.0762 e. The van der Waals surface area contributed by atoms with Crippen LogP contribution in [-0.2, 0) is 13.6 Å². The molecule has 0 aliphatic carbocycles. The van der Waals surface area contributed by atoms with Crippen LogP contribution in [0.1, 0.15) is 36.4 Å². The Bertz CT molecular complexity index is 433. The minimum absolute atomic E-state index is 0.460. The first-order valence-corrected chi connectivity index (χ1v) is 6.93. The van der Waals surface area contributed by atoms with E-state index in [0.717, 1.165) is 12.2 Å². The van der Waals surface area contributed by atoms with Gasteiger partial charge in [-0.05, 0) is 23.9 Å². The maximum atomic E-state index is 4.38. The van der Waals surface area contributed by atoms with E-state index >= 15 is 0 Å². The van der Waals surface area contributed by atoms with Crippen LogP contribution in [0.2, 0.25) is 0 Å². The van der Waals surface area contributed by atoms with Gasteiger partial charge in [0.1, 0.15) is 0 Å². The molecule has 2 heterocycles. The van der Waals surface area contributed by atoms with E-state index < -0.39 is 0 Å². The van der Waals surface area contributed by atoms with Crippen LogP contribution in [0.3, 0.4) is 0 Å². The Morgan fingerprint density at radius 3 is 2.94 bits per heavy atom. The van der Waals surface area contributed by atoms with Crippen molar-refractivity contribution in [1.29, 1.82) is 0 Å². The predicted octanol–water partition coefficient (Wildman–Crippen LogP) is 3.11. The molecule has 2 aromatic heterocycles. The highest BCUT2D eigenvalue weighted by atomic mass is 32.1. The first kappa shape index (κ1) is 12.3. The summed E-state index contributed by atoms with van der Waals surface area (Å²) in [4.78, 5) is 1.42. The van der Waals surface area contributed by atoms with E-state index in [0.29, 0.717) is 6.04 Å². The summed E-state index contributed by atoms with van der Waals surface area (Å²) in [6, 6.07) is 6.84. The van der Waals surface area contributed by atoms with Crippen molar-refractivity contribution in [3.05, 3.63) is 40.3 Å². The number of aryl methyl sites for hydroxylation is 1. The van der Waals surface area contributed by atoms with Gasteiger partial charge in [0.15, 0.2) is 0 Å². The van der Waals surface area contributed by atoms with Crippen molar-refractivity contribution >= 4 is 11.3 Å². The molecular formula is C13H19N3S. The first-order valence-electron chi connectivity index (χ1n) is 6.05. The van der Waals surface area contributed by atoms with E-state index in [4.69, 9.17) is 0 Å². The molecular weight excluding hydrogens is 230 g/mol. The molecule has 4 heteroatoms. The molecule has 0 radical (unpaired) electrons. The average molecular weight is 249 g/mol. The SMILES string of the molecule is CCCC(NCc1ccn(C)n1)c1cccs1. The van der Waals surface area contributed by atoms with Crippen molar-refractivity contribution in [3.8, 4) is 0 Å². The Morgan fingerprint density at radius 2 is 2.35 bits per heavy atom. The summed E-state index contributed by atoms with van der Waals surface area (Å²) in [5.74, 6) is 0. The number of nitrogens with one attached hydrogen (secondary N) is 1. The summed E-state index contributed by atoms with van der Waals surface area (Å²) in [7, 11) is 1.95. The van der Waals surface area contributed by atoms with Crippen LogP contribution < -0.4 is 5.32 Å². The van der Waals surface area contributed by atoms with Gasteiger partial charge in [0.05, 0.1) is 5.69 Å². The first-order chi connectivity index (χ1) is 8.29. The number of hydrogen-bond acceptors (Lipinski definition) is 3. The predicted molar refractivity (Wildman–Crippen MR) is 72.0 cm³/mol. The molecule has 1 N–H and O–H groups in total. The second-order valence-corrected chi connectivity index (χ2v) is 5.20. The summed E-state index contributed by atoms with van der Waals surface area (Å²) in [5, 5.41) is 10.1. The van der Waals surface area contributed by atoms with Crippen molar-refractivity contribution in [3.63, 3.8) is 0 Å². The van der Waals surface area contributed by atoms with Crippen LogP contribution >= 0.6 is 11.3 Å². The monoisotopic (exact) mass is 249 g/mol. The summed E-state index contributed by atoms with van der Waals surface area (Å²) >= 11 is 1.82. The number of rotatable bonds is 6. The van der Waals surface area contributed by atoms with E-state index in [2.05, 4.69) is 40.9 Å². The fraction of sp³-hybridized carbons (Fsp3) is 0.462. The van der Waals surface area contributed by atoms with Crippen LogP contribution in [0.4, 0.5) is 0 Å². The molecule has 3 nitrogen and oxygen atoms in total. The minimum atomic E-state index is 0.460. The van der Waals surface area contributed by atoms with Crippen molar-refractivity contribution in [2.45, 2.75) is 32.4 Å². The third kappa shape index (κ3) is 3.41. The normalized spacial score (nSPS) is 12.8. The van der Waals surface area contributed by atoms with Crippen LogP contribution in [0, 0.1) is 0 Å². The van der Waals surface area contributed by atoms with Crippen LogP contribution in [0.25, 0.3) is 0 Å². The van der Waals surface area contributed by atoms with Gasteiger partial charge < -0.3 is 5.32 Å². The lowest BCUT2D eigenvalue weighted by molar-refractivity contribution is 0.494. The molecule has 0 spiro atoms. The van der Waals surface area contributed by atoms with E-state index in [1.54, 1.807) is 0 Å². The zero-order valence-electron chi connectivity index (χ0n) is 10.4. The standard InChI is InChI=1S/C13H19N3S/c1-3-5-12(13-6-4-9-17-13)14-10-11-7-8-16(2)15-11/h4,6-9,12,14H,3,5,10H2,1-2H3. The van der Waals surface area contributed by atoms with Gasteiger partial charge in [-0.15, -0.1) is 11.3 Å². The molecule has 1 atom stereocenters. The van der Waals surface area contributed by atoms with Gasteiger partial charge >= 0.3 is 0 Å². The van der Waals surface area contributed by atoms with E-state index in [-0.39, 0.29) is 0 Å². The topological polar surface area (TPSA) is 29.9 Å². The summed E-state index contributed by atoms with van der Waals surface area (Å²) in [6.45, 7) is 3.06. The highest BCUT2D eigenvalue weighted by molar-refractivity contribution is 7.10. The van der Waals surface area contributed by atoms with E-state index in [1.165, 1.54) is 17.7 Å². The number of thiophene rings is 1. The lowest BCUT2D eigenvalue weighted by Gasteiger charge is -2.15. The smallest absolute Gasteiger partial charge is 0.0762 e. The Hall–Kier alpha value is -1.13. The molecule has 1 unspecified atom stereocenters. The van der Waals surface area contributed by atoms with Gasteiger partial charge in [0, 0.05) is 30.7 Å². The molecule has 0 fully saturated rings. The van der Waals surface area contributed by atoms with Gasteiger partial charge in [-0.1, -0.05) is 19.4 Å². The van der Waals surface area contributed by atoms with Gasteiger partial charge in [-0.25, -0.2) is 0 Å². The second-order valence-electron chi connectivity index (χ2n) is 4.22. The lowest BCUT2D eigenvalue weighted by atomic mass is 10.1.